The fourth-order valence-corrected chi connectivity index (χ4v) is 7.43. The van der Waals surface area contributed by atoms with Crippen LogP contribution >= 0.6 is 34.8 Å². The summed E-state index contributed by atoms with van der Waals surface area (Å²) in [4.78, 5) is 39.7. The summed E-state index contributed by atoms with van der Waals surface area (Å²) < 4.78 is 23.1. The minimum absolute atomic E-state index is 0. The second-order valence-corrected chi connectivity index (χ2v) is 19.2. The normalized spacial score (nSPS) is 18.3. The number of aryl methyl sites for hydroxylation is 2. The highest BCUT2D eigenvalue weighted by atomic mass is 35.5. The molecule has 0 spiro atoms. The van der Waals surface area contributed by atoms with Crippen molar-refractivity contribution in [1.29, 1.82) is 0 Å². The first-order valence-corrected chi connectivity index (χ1v) is 21.3. The molecule has 1 aliphatic heterocycles. The van der Waals surface area contributed by atoms with Gasteiger partial charge >= 0.3 is 19.3 Å². The Labute approximate surface area is 384 Å². The van der Waals surface area contributed by atoms with Crippen molar-refractivity contribution in [3.63, 3.8) is 0 Å². The number of hydrogen-bond acceptors (Lipinski definition) is 10. The lowest BCUT2D eigenvalue weighted by Gasteiger charge is -2.32. The predicted molar refractivity (Wildman–Crippen MR) is 250 cm³/mol. The first-order valence-electron chi connectivity index (χ1n) is 20.2. The van der Waals surface area contributed by atoms with Crippen molar-refractivity contribution >= 4 is 59.6 Å². The number of amides is 2. The van der Waals surface area contributed by atoms with E-state index in [1.165, 1.54) is 29.8 Å². The Hall–Kier alpha value is -4.01. The topological polar surface area (TPSA) is 147 Å². The van der Waals surface area contributed by atoms with Crippen molar-refractivity contribution in [3.05, 3.63) is 98.9 Å². The Bertz CT molecular complexity index is 2110. The van der Waals surface area contributed by atoms with E-state index in [4.69, 9.17) is 53.6 Å². The summed E-state index contributed by atoms with van der Waals surface area (Å²) in [6, 6.07) is 15.7. The maximum absolute atomic E-state index is 12.2. The number of aromatic nitrogens is 4. The van der Waals surface area contributed by atoms with E-state index in [-0.39, 0.29) is 57.4 Å². The number of fused-ring (bicyclic) bond motifs is 2. The molecule has 2 aromatic carbocycles. The summed E-state index contributed by atoms with van der Waals surface area (Å²) in [6.45, 7) is 19.5. The van der Waals surface area contributed by atoms with Crippen LogP contribution in [-0.4, -0.2) is 61.6 Å². The molecule has 2 aromatic heterocycles. The van der Waals surface area contributed by atoms with E-state index in [1.54, 1.807) is 6.07 Å². The molecular weight excluding hydrogens is 850 g/mol. The van der Waals surface area contributed by atoms with Crippen LogP contribution in [0.1, 0.15) is 144 Å². The van der Waals surface area contributed by atoms with Crippen LogP contribution in [0.15, 0.2) is 61.2 Å². The number of carbonyl (C=O) groups is 2. The molecule has 2 amide bonds. The van der Waals surface area contributed by atoms with Crippen LogP contribution < -0.4 is 16.1 Å². The highest BCUT2D eigenvalue weighted by Crippen LogP contribution is 2.38. The smallest absolute Gasteiger partial charge is 0.444 e. The number of carbonyl (C=O) groups excluding carboxylic acids is 2. The molecule has 1 fully saturated rings. The second kappa shape index (κ2) is 21.6. The molecule has 2 atom stereocenters. The molecule has 3 aliphatic rings. The predicted octanol–water partition coefficient (Wildman–Crippen LogP) is 11.6. The molecule has 2 N–H and O–H groups in total. The number of halogens is 3. The van der Waals surface area contributed by atoms with Gasteiger partial charge in [-0.15, -0.1) is 0 Å². The third-order valence-electron chi connectivity index (χ3n) is 10.4. The van der Waals surface area contributed by atoms with Crippen molar-refractivity contribution in [2.45, 2.75) is 157 Å². The summed E-state index contributed by atoms with van der Waals surface area (Å²) in [7, 11) is -0.362. The van der Waals surface area contributed by atoms with E-state index in [0.29, 0.717) is 15.5 Å². The van der Waals surface area contributed by atoms with Crippen molar-refractivity contribution in [2.24, 2.45) is 0 Å². The molecule has 0 saturated carbocycles. The van der Waals surface area contributed by atoms with Gasteiger partial charge in [-0.2, -0.15) is 0 Å². The van der Waals surface area contributed by atoms with Crippen molar-refractivity contribution in [1.82, 2.24) is 30.6 Å². The lowest BCUT2D eigenvalue weighted by atomic mass is 9.75. The van der Waals surface area contributed by atoms with Crippen LogP contribution in [0.4, 0.5) is 9.59 Å². The zero-order valence-corrected chi connectivity index (χ0v) is 38.4. The number of benzene rings is 2. The monoisotopic (exact) mass is 912 g/mol. The van der Waals surface area contributed by atoms with E-state index in [1.807, 2.05) is 47.6 Å². The summed E-state index contributed by atoms with van der Waals surface area (Å²) in [5.41, 5.74) is 5.89. The fourth-order valence-electron chi connectivity index (χ4n) is 6.94. The van der Waals surface area contributed by atoms with Gasteiger partial charge in [0.15, 0.2) is 0 Å². The molecule has 338 valence electrons. The first kappa shape index (κ1) is 52.3. The van der Waals surface area contributed by atoms with Gasteiger partial charge in [-0.3, -0.25) is 0 Å². The first-order chi connectivity index (χ1) is 28.0. The highest BCUT2D eigenvalue weighted by molar-refractivity contribution is 6.62. The van der Waals surface area contributed by atoms with Gasteiger partial charge in [0.05, 0.1) is 29.0 Å². The second-order valence-electron chi connectivity index (χ2n) is 18.0. The zero-order valence-electron chi connectivity index (χ0n) is 36.1. The number of alkyl carbamates (subject to hydrolysis) is 2. The molecular formula is C46H64BCl3N6O6. The molecule has 4 aromatic rings. The Morgan fingerprint density at radius 3 is 1.53 bits per heavy atom. The molecule has 7 rings (SSSR count). The van der Waals surface area contributed by atoms with Gasteiger partial charge in [0, 0.05) is 17.7 Å². The maximum atomic E-state index is 12.2. The van der Waals surface area contributed by atoms with Crippen LogP contribution in [0.2, 0.25) is 15.5 Å². The Balaban J connectivity index is 0.000000273. The summed E-state index contributed by atoms with van der Waals surface area (Å²) in [5, 5.41) is 7.17. The molecule has 16 heteroatoms. The molecule has 12 nitrogen and oxygen atoms in total. The number of ether oxygens (including phenoxy) is 2. The maximum Gasteiger partial charge on any atom is 0.494 e. The summed E-state index contributed by atoms with van der Waals surface area (Å²) >= 11 is 16.8. The molecule has 0 radical (unpaired) electrons. The van der Waals surface area contributed by atoms with Crippen LogP contribution in [0.25, 0.3) is 11.3 Å². The van der Waals surface area contributed by atoms with Crippen molar-refractivity contribution < 1.29 is 28.4 Å². The Morgan fingerprint density at radius 1 is 0.661 bits per heavy atom. The zero-order chi connectivity index (χ0) is 44.0. The van der Waals surface area contributed by atoms with Crippen LogP contribution in [0.3, 0.4) is 0 Å². The number of hydrogen-bond donors (Lipinski definition) is 2. The Kier molecular flexibility index (Phi) is 18.2. The standard InChI is InChI=1S/C21H32BNO4.C19H22ClN3O2.C4H2Cl2N2.2CH4/c1-19(2,3)25-18(24)23-17-10-8-9-14-13-15(11-12-16(14)17)22-26-20(4,5)21(6,7)27-22;1-19(2,3)25-18(24)23-15-6-4-5-12-9-13(7-8-14(12)15)16-10-17(20)22-11-21-16;5-3-1-4(6)8-2-7-3;;/h11-13,17H,8-10H2,1-7H3,(H,23,24);7-11,15H,4-6H2,1-3H3,(H,23,24);1-2H;2*1H4. The van der Waals surface area contributed by atoms with E-state index >= 15 is 0 Å². The number of nitrogens with zero attached hydrogens (tertiary/aromatic N) is 4. The molecule has 3 heterocycles. The van der Waals surface area contributed by atoms with Crippen molar-refractivity contribution in [3.8, 4) is 11.3 Å². The SMILES string of the molecule is C.C.CC(C)(C)OC(=O)NC1CCCc2cc(-c3cc(Cl)ncn3)ccc21.CC(C)(C)OC(=O)NC1CCCc2cc(B3OC(C)(C)C(C)(C)O3)ccc21.Clc1cc(Cl)ncn1. The van der Waals surface area contributed by atoms with Gasteiger partial charge in [-0.1, -0.05) is 80.0 Å². The highest BCUT2D eigenvalue weighted by Gasteiger charge is 2.51. The quantitative estimate of drug-likeness (QED) is 0.150. The van der Waals surface area contributed by atoms with E-state index in [2.05, 4.69) is 88.6 Å². The minimum atomic E-state index is -0.502. The van der Waals surface area contributed by atoms with Gasteiger partial charge in [0.25, 0.3) is 0 Å². The van der Waals surface area contributed by atoms with Gasteiger partial charge in [-0.05, 0) is 142 Å². The van der Waals surface area contributed by atoms with Crippen LogP contribution in [0.5, 0.6) is 0 Å². The van der Waals surface area contributed by atoms with Crippen LogP contribution in [0, 0.1) is 0 Å². The van der Waals surface area contributed by atoms with Gasteiger partial charge in [0.1, 0.15) is 39.3 Å². The van der Waals surface area contributed by atoms with Gasteiger partial charge in [0.2, 0.25) is 0 Å². The number of nitrogens with one attached hydrogen (secondary N) is 2. The number of rotatable bonds is 4. The summed E-state index contributed by atoms with van der Waals surface area (Å²) in [5.74, 6) is 0. The van der Waals surface area contributed by atoms with Gasteiger partial charge in [-0.25, -0.2) is 29.5 Å². The van der Waals surface area contributed by atoms with E-state index in [0.717, 1.165) is 66.4 Å². The summed E-state index contributed by atoms with van der Waals surface area (Å²) in [6.07, 6.45) is 7.87. The molecule has 62 heavy (non-hydrogen) atoms. The van der Waals surface area contributed by atoms with E-state index in [9.17, 15) is 9.59 Å². The lowest BCUT2D eigenvalue weighted by molar-refractivity contribution is 0.00578. The lowest BCUT2D eigenvalue weighted by Crippen LogP contribution is -2.41. The van der Waals surface area contributed by atoms with Crippen LogP contribution in [-0.2, 0) is 31.6 Å². The average Bonchev–Trinajstić information content (AvgIpc) is 3.36. The van der Waals surface area contributed by atoms with Gasteiger partial charge < -0.3 is 29.4 Å². The molecule has 0 bridgehead atoms. The third kappa shape index (κ3) is 14.8. The molecule has 1 saturated heterocycles. The minimum Gasteiger partial charge on any atom is -0.444 e. The van der Waals surface area contributed by atoms with Crippen molar-refractivity contribution in [2.75, 3.05) is 0 Å². The molecule has 2 unspecified atom stereocenters. The third-order valence-corrected chi connectivity index (χ3v) is 11.0. The largest absolute Gasteiger partial charge is 0.494 e. The fraction of sp³-hybridized carbons (Fsp3) is 0.522. The average molecular weight is 914 g/mol. The Morgan fingerprint density at radius 2 is 1.10 bits per heavy atom. The molecule has 2 aliphatic carbocycles. The van der Waals surface area contributed by atoms with E-state index < -0.39 is 11.2 Å².